The number of benzene rings is 1. The fourth-order valence-electron chi connectivity index (χ4n) is 4.33. The quantitative estimate of drug-likeness (QED) is 0.336. The number of H-pyrrole nitrogens is 1. The second kappa shape index (κ2) is 10.7. The summed E-state index contributed by atoms with van der Waals surface area (Å²) in [5.41, 5.74) is 4.59. The summed E-state index contributed by atoms with van der Waals surface area (Å²) in [4.78, 5) is 35.6. The predicted octanol–water partition coefficient (Wildman–Crippen LogP) is 3.25. The zero-order valence-electron chi connectivity index (χ0n) is 20.2. The Hall–Kier alpha value is -4.10. The van der Waals surface area contributed by atoms with Crippen molar-refractivity contribution in [2.24, 2.45) is 0 Å². The van der Waals surface area contributed by atoms with Gasteiger partial charge in [-0.1, -0.05) is 6.07 Å². The van der Waals surface area contributed by atoms with Gasteiger partial charge in [-0.2, -0.15) is 13.2 Å². The normalized spacial score (nSPS) is 14.7. The van der Waals surface area contributed by atoms with Gasteiger partial charge in [0, 0.05) is 44.5 Å². The largest absolute Gasteiger partial charge is 0.397 e. The van der Waals surface area contributed by atoms with Crippen molar-refractivity contribution in [1.82, 2.24) is 34.7 Å². The zero-order chi connectivity index (χ0) is 26.7. The summed E-state index contributed by atoms with van der Waals surface area (Å²) in [6, 6.07) is 11.2. The maximum Gasteiger partial charge on any atom is 0.397 e. The summed E-state index contributed by atoms with van der Waals surface area (Å²) in [6.07, 6.45) is -2.81. The fourth-order valence-corrected chi connectivity index (χ4v) is 4.33. The van der Waals surface area contributed by atoms with Crippen molar-refractivity contribution in [1.29, 1.82) is 0 Å². The van der Waals surface area contributed by atoms with Crippen LogP contribution in [0.2, 0.25) is 0 Å². The fraction of sp³-hybridized carbons (Fsp3) is 0.320. The minimum Gasteiger partial charge on any atom is -0.390 e. The number of imidazole rings is 1. The number of hydrogen-bond donors (Lipinski definition) is 3. The van der Waals surface area contributed by atoms with Crippen LogP contribution in [0.15, 0.2) is 48.9 Å². The minimum atomic E-state index is -4.49. The Morgan fingerprint density at radius 2 is 1.87 bits per heavy atom. The van der Waals surface area contributed by atoms with Gasteiger partial charge in [0.25, 0.3) is 0 Å². The summed E-state index contributed by atoms with van der Waals surface area (Å²) < 4.78 is 37.5. The van der Waals surface area contributed by atoms with Crippen LogP contribution in [0.5, 0.6) is 0 Å². The number of aromatic nitrogens is 5. The molecule has 3 aromatic heterocycles. The number of aromatic amines is 1. The molecule has 1 fully saturated rings. The molecule has 5 rings (SSSR count). The highest BCUT2D eigenvalue weighted by atomic mass is 19.4. The second-order valence-corrected chi connectivity index (χ2v) is 8.99. The van der Waals surface area contributed by atoms with Crippen LogP contribution in [0.4, 0.5) is 24.9 Å². The van der Waals surface area contributed by atoms with Crippen LogP contribution in [-0.2, 0) is 17.9 Å². The highest BCUT2D eigenvalue weighted by Crippen LogP contribution is 2.25. The number of piperazine rings is 1. The van der Waals surface area contributed by atoms with E-state index in [1.807, 2.05) is 30.3 Å². The van der Waals surface area contributed by atoms with E-state index in [0.29, 0.717) is 42.8 Å². The molecule has 38 heavy (non-hydrogen) atoms. The number of nitrogens with zero attached hydrogens (tertiary/aromatic N) is 6. The van der Waals surface area contributed by atoms with E-state index in [-0.39, 0.29) is 19.7 Å². The maximum atomic E-state index is 12.5. The van der Waals surface area contributed by atoms with E-state index in [9.17, 15) is 23.1 Å². The van der Waals surface area contributed by atoms with Crippen LogP contribution in [0, 0.1) is 0 Å². The molecule has 4 heterocycles. The number of rotatable bonds is 7. The number of pyridine rings is 1. The molecule has 10 nitrogen and oxygen atoms in total. The molecule has 0 spiro atoms. The topological polar surface area (TPSA) is 123 Å². The van der Waals surface area contributed by atoms with E-state index in [0.717, 1.165) is 22.2 Å². The average molecular weight is 527 g/mol. The number of amides is 1. The molecule has 0 radical (unpaired) electrons. The first-order chi connectivity index (χ1) is 18.3. The lowest BCUT2D eigenvalue weighted by molar-refractivity contribution is -0.162. The van der Waals surface area contributed by atoms with E-state index in [4.69, 9.17) is 0 Å². The van der Waals surface area contributed by atoms with Gasteiger partial charge in [0.2, 0.25) is 11.9 Å². The van der Waals surface area contributed by atoms with E-state index in [1.54, 1.807) is 12.3 Å². The lowest BCUT2D eigenvalue weighted by Gasteiger charge is -2.35. The van der Waals surface area contributed by atoms with Crippen molar-refractivity contribution in [3.63, 3.8) is 0 Å². The Balaban J connectivity index is 1.21. The molecule has 198 valence electrons. The van der Waals surface area contributed by atoms with Gasteiger partial charge in [0.15, 0.2) is 0 Å². The predicted molar refractivity (Wildman–Crippen MR) is 133 cm³/mol. The molecule has 1 aliphatic rings. The monoisotopic (exact) mass is 526 g/mol. The maximum absolute atomic E-state index is 12.5. The molecule has 0 saturated carbocycles. The van der Waals surface area contributed by atoms with Crippen LogP contribution in [-0.4, -0.2) is 78.1 Å². The number of hydrogen-bond acceptors (Lipinski definition) is 8. The third kappa shape index (κ3) is 6.23. The van der Waals surface area contributed by atoms with Crippen molar-refractivity contribution in [3.8, 4) is 11.3 Å². The Labute approximate surface area is 215 Å². The summed E-state index contributed by atoms with van der Waals surface area (Å²) >= 11 is 0. The number of alkyl halides is 3. The number of aliphatic hydroxyl groups is 1. The van der Waals surface area contributed by atoms with E-state index < -0.39 is 18.5 Å². The third-order valence-electron chi connectivity index (χ3n) is 6.22. The van der Waals surface area contributed by atoms with E-state index in [1.165, 1.54) is 11.2 Å². The summed E-state index contributed by atoms with van der Waals surface area (Å²) in [5.74, 6) is 0.221. The van der Waals surface area contributed by atoms with Crippen molar-refractivity contribution in [3.05, 3.63) is 60.2 Å². The molecule has 1 saturated heterocycles. The molecule has 3 N–H and O–H groups in total. The highest BCUT2D eigenvalue weighted by Gasteiger charge is 2.34. The van der Waals surface area contributed by atoms with Gasteiger partial charge in [-0.15, -0.1) is 0 Å². The van der Waals surface area contributed by atoms with Crippen LogP contribution in [0.3, 0.4) is 0 Å². The van der Waals surface area contributed by atoms with Crippen LogP contribution < -0.4 is 5.32 Å². The summed E-state index contributed by atoms with van der Waals surface area (Å²) in [6.45, 7) is 1.93. The molecular weight excluding hydrogens is 501 g/mol. The third-order valence-corrected chi connectivity index (χ3v) is 6.22. The molecule has 4 aromatic rings. The van der Waals surface area contributed by atoms with Crippen LogP contribution in [0.1, 0.15) is 17.7 Å². The highest BCUT2D eigenvalue weighted by molar-refractivity contribution is 5.83. The second-order valence-electron chi connectivity index (χ2n) is 8.99. The van der Waals surface area contributed by atoms with Gasteiger partial charge >= 0.3 is 6.18 Å². The van der Waals surface area contributed by atoms with Gasteiger partial charge < -0.3 is 20.3 Å². The number of carbonyl (C=O) groups is 1. The van der Waals surface area contributed by atoms with Crippen molar-refractivity contribution < 1.29 is 23.1 Å². The number of nitrogens with one attached hydrogen (secondary N) is 2. The minimum absolute atomic E-state index is 0.167. The molecule has 1 amide bonds. The van der Waals surface area contributed by atoms with Crippen molar-refractivity contribution >= 4 is 28.7 Å². The van der Waals surface area contributed by atoms with E-state index >= 15 is 0 Å². The van der Waals surface area contributed by atoms with Gasteiger partial charge in [0.1, 0.15) is 18.6 Å². The first kappa shape index (κ1) is 25.5. The smallest absolute Gasteiger partial charge is 0.390 e. The Morgan fingerprint density at radius 3 is 2.63 bits per heavy atom. The molecule has 0 bridgehead atoms. The standard InChI is InChI=1S/C25H25F3N8O2/c26-25(27,28)12-23(38)36-7-5-35(6-8-36)13-16-3-4-29-22(9-16)34-24-32-19-2-1-17(10-21(19)33-24)20-11-18(14-37)30-15-31-20/h1-4,9-11,15,37H,5-8,12-14H2,(H2,29,32,33,34). The number of anilines is 2. The molecular formula is C25H25F3N8O2. The van der Waals surface area contributed by atoms with Crippen molar-refractivity contribution in [2.45, 2.75) is 25.7 Å². The lowest BCUT2D eigenvalue weighted by Crippen LogP contribution is -2.49. The van der Waals surface area contributed by atoms with Gasteiger partial charge in [-0.05, 0) is 35.9 Å². The van der Waals surface area contributed by atoms with Crippen LogP contribution in [0.25, 0.3) is 22.3 Å². The number of halogens is 3. The summed E-state index contributed by atoms with van der Waals surface area (Å²) in [5, 5.41) is 12.5. The van der Waals surface area contributed by atoms with Crippen molar-refractivity contribution in [2.75, 3.05) is 31.5 Å². The first-order valence-electron chi connectivity index (χ1n) is 12.0. The Kier molecular flexibility index (Phi) is 7.20. The molecule has 0 unspecified atom stereocenters. The van der Waals surface area contributed by atoms with Gasteiger partial charge in [-0.25, -0.2) is 19.9 Å². The molecule has 13 heteroatoms. The first-order valence-corrected chi connectivity index (χ1v) is 12.0. The summed E-state index contributed by atoms with van der Waals surface area (Å²) in [7, 11) is 0. The zero-order valence-corrected chi connectivity index (χ0v) is 20.2. The SMILES string of the molecule is O=C(CC(F)(F)F)N1CCN(Cc2ccnc(Nc3nc4ccc(-c5cc(CO)ncn5)cc4[nH]3)c2)CC1. The number of carbonyl (C=O) groups excluding carboxylic acids is 1. The molecule has 1 aromatic carbocycles. The Bertz CT molecular complexity index is 1430. The number of aliphatic hydroxyl groups excluding tert-OH is 1. The Morgan fingerprint density at radius 1 is 1.05 bits per heavy atom. The molecule has 0 aliphatic carbocycles. The molecule has 0 atom stereocenters. The van der Waals surface area contributed by atoms with Crippen LogP contribution >= 0.6 is 0 Å². The van der Waals surface area contributed by atoms with E-state index in [2.05, 4.69) is 35.1 Å². The van der Waals surface area contributed by atoms with Gasteiger partial charge in [0.05, 0.1) is 29.0 Å². The van der Waals surface area contributed by atoms with Gasteiger partial charge in [-0.3, -0.25) is 9.69 Å². The average Bonchev–Trinajstić information content (AvgIpc) is 3.30. The number of fused-ring (bicyclic) bond motifs is 1. The lowest BCUT2D eigenvalue weighted by atomic mass is 10.1. The molecule has 1 aliphatic heterocycles.